The molecule has 2 aromatic rings. The largest absolute Gasteiger partial charge is 0.497 e. The molecule has 2 N–H and O–H groups in total. The van der Waals surface area contributed by atoms with Crippen molar-refractivity contribution in [1.29, 1.82) is 0 Å². The minimum Gasteiger partial charge on any atom is -0.497 e. The van der Waals surface area contributed by atoms with Crippen LogP contribution in [0.1, 0.15) is 12.5 Å². The Morgan fingerprint density at radius 2 is 1.81 bits per heavy atom. The lowest BCUT2D eigenvalue weighted by atomic mass is 10.2. The molecule has 144 valence electrons. The van der Waals surface area contributed by atoms with Crippen LogP contribution in [0.25, 0.3) is 0 Å². The van der Waals surface area contributed by atoms with Gasteiger partial charge in [0.2, 0.25) is 11.8 Å². The van der Waals surface area contributed by atoms with Gasteiger partial charge in [0.05, 0.1) is 19.7 Å². The number of methoxy groups -OCH3 is 1. The molecule has 0 saturated carbocycles. The van der Waals surface area contributed by atoms with E-state index in [0.717, 1.165) is 21.5 Å². The first-order valence-electron chi connectivity index (χ1n) is 8.51. The Bertz CT molecular complexity index is 809. The lowest BCUT2D eigenvalue weighted by Gasteiger charge is -2.23. The van der Waals surface area contributed by atoms with E-state index in [1.165, 1.54) is 0 Å². The molecule has 0 bridgehead atoms. The third-order valence-corrected chi connectivity index (χ3v) is 4.75. The van der Waals surface area contributed by atoms with Gasteiger partial charge in [-0.2, -0.15) is 0 Å². The Labute approximate surface area is 168 Å². The normalized spacial score (nSPS) is 11.8. The number of ether oxygens (including phenoxy) is 1. The lowest BCUT2D eigenvalue weighted by molar-refractivity contribution is -0.122. The summed E-state index contributed by atoms with van der Waals surface area (Å²) in [5.74, 6) is 0.361. The van der Waals surface area contributed by atoms with Crippen LogP contribution in [0.2, 0.25) is 0 Å². The first-order valence-corrected chi connectivity index (χ1v) is 9.30. The molecule has 0 aliphatic rings. The van der Waals surface area contributed by atoms with Gasteiger partial charge in [0.15, 0.2) is 0 Å². The number of amides is 2. The third-order valence-electron chi connectivity index (χ3n) is 4.25. The van der Waals surface area contributed by atoms with Gasteiger partial charge >= 0.3 is 0 Å². The van der Waals surface area contributed by atoms with Gasteiger partial charge in [-0.1, -0.05) is 15.9 Å². The summed E-state index contributed by atoms with van der Waals surface area (Å²) in [5, 5.41) is 5.72. The van der Waals surface area contributed by atoms with E-state index in [2.05, 4.69) is 26.6 Å². The smallest absolute Gasteiger partial charge is 0.241 e. The number of carbonyl (C=O) groups is 2. The highest BCUT2D eigenvalue weighted by atomic mass is 79.9. The van der Waals surface area contributed by atoms with Gasteiger partial charge in [0.1, 0.15) is 5.75 Å². The first-order chi connectivity index (χ1) is 12.8. The number of likely N-dealkylation sites (N-methyl/N-ethyl adjacent to an activating group) is 1. The van der Waals surface area contributed by atoms with Crippen LogP contribution in [-0.4, -0.2) is 43.5 Å². The number of aryl methyl sites for hydroxylation is 1. The van der Waals surface area contributed by atoms with Gasteiger partial charge in [0, 0.05) is 15.8 Å². The Balaban J connectivity index is 1.90. The molecule has 0 spiro atoms. The second-order valence-electron chi connectivity index (χ2n) is 6.32. The number of hydrogen-bond acceptors (Lipinski definition) is 4. The molecule has 2 amide bonds. The fourth-order valence-electron chi connectivity index (χ4n) is 2.44. The van der Waals surface area contributed by atoms with Crippen molar-refractivity contribution in [2.45, 2.75) is 19.9 Å². The maximum Gasteiger partial charge on any atom is 0.241 e. The summed E-state index contributed by atoms with van der Waals surface area (Å²) in [6.45, 7) is 3.79. The molecule has 0 aliphatic carbocycles. The van der Waals surface area contributed by atoms with Gasteiger partial charge in [-0.05, 0) is 68.9 Å². The quantitative estimate of drug-likeness (QED) is 0.698. The second-order valence-corrected chi connectivity index (χ2v) is 7.23. The summed E-state index contributed by atoms with van der Waals surface area (Å²) < 4.78 is 6.06. The molecule has 27 heavy (non-hydrogen) atoms. The van der Waals surface area contributed by atoms with Crippen molar-refractivity contribution in [2.75, 3.05) is 31.3 Å². The molecule has 0 fully saturated rings. The van der Waals surface area contributed by atoms with Crippen LogP contribution in [0.3, 0.4) is 0 Å². The van der Waals surface area contributed by atoms with Crippen LogP contribution >= 0.6 is 15.9 Å². The summed E-state index contributed by atoms with van der Waals surface area (Å²) >= 11 is 3.40. The monoisotopic (exact) mass is 433 g/mol. The number of rotatable bonds is 7. The van der Waals surface area contributed by atoms with Gasteiger partial charge in [-0.25, -0.2) is 0 Å². The van der Waals surface area contributed by atoms with Crippen LogP contribution in [0.4, 0.5) is 11.4 Å². The van der Waals surface area contributed by atoms with E-state index >= 15 is 0 Å². The summed E-state index contributed by atoms with van der Waals surface area (Å²) in [5.41, 5.74) is 2.40. The second kappa shape index (κ2) is 9.53. The summed E-state index contributed by atoms with van der Waals surface area (Å²) in [6.07, 6.45) is 0. The first kappa shape index (κ1) is 20.9. The van der Waals surface area contributed by atoms with Gasteiger partial charge in [-0.15, -0.1) is 0 Å². The zero-order chi connectivity index (χ0) is 20.0. The van der Waals surface area contributed by atoms with Crippen LogP contribution in [0.5, 0.6) is 5.75 Å². The molecule has 0 aromatic heterocycles. The predicted octanol–water partition coefficient (Wildman–Crippen LogP) is 3.66. The number of nitrogens with zero attached hydrogens (tertiary/aromatic N) is 1. The fourth-order valence-corrected chi connectivity index (χ4v) is 2.92. The molecule has 6 nitrogen and oxygen atoms in total. The van der Waals surface area contributed by atoms with E-state index in [0.29, 0.717) is 5.69 Å². The molecule has 0 radical (unpaired) electrons. The van der Waals surface area contributed by atoms with Crippen LogP contribution < -0.4 is 15.4 Å². The molecule has 2 rings (SSSR count). The van der Waals surface area contributed by atoms with Crippen molar-refractivity contribution < 1.29 is 14.3 Å². The van der Waals surface area contributed by atoms with Crippen LogP contribution in [-0.2, 0) is 9.59 Å². The van der Waals surface area contributed by atoms with E-state index in [1.54, 1.807) is 50.2 Å². The van der Waals surface area contributed by atoms with Crippen molar-refractivity contribution in [3.05, 3.63) is 52.5 Å². The molecular formula is C20H24BrN3O3. The maximum absolute atomic E-state index is 12.4. The number of halogens is 1. The van der Waals surface area contributed by atoms with Gasteiger partial charge < -0.3 is 15.4 Å². The topological polar surface area (TPSA) is 70.7 Å². The lowest BCUT2D eigenvalue weighted by Crippen LogP contribution is -2.43. The molecule has 1 unspecified atom stereocenters. The van der Waals surface area contributed by atoms with E-state index in [4.69, 9.17) is 4.74 Å². The zero-order valence-electron chi connectivity index (χ0n) is 15.9. The van der Waals surface area contributed by atoms with Crippen molar-refractivity contribution >= 4 is 39.1 Å². The zero-order valence-corrected chi connectivity index (χ0v) is 17.5. The van der Waals surface area contributed by atoms with E-state index in [1.807, 2.05) is 25.1 Å². The molecule has 7 heteroatoms. The molecule has 0 heterocycles. The fraction of sp³-hybridized carbons (Fsp3) is 0.300. The highest BCUT2D eigenvalue weighted by Crippen LogP contribution is 2.20. The number of anilines is 2. The van der Waals surface area contributed by atoms with Crippen LogP contribution in [0.15, 0.2) is 46.9 Å². The van der Waals surface area contributed by atoms with Crippen LogP contribution in [0, 0.1) is 6.92 Å². The van der Waals surface area contributed by atoms with Crippen molar-refractivity contribution in [2.24, 2.45) is 0 Å². The average Bonchev–Trinajstić information content (AvgIpc) is 2.64. The highest BCUT2D eigenvalue weighted by molar-refractivity contribution is 9.10. The molecule has 1 atom stereocenters. The van der Waals surface area contributed by atoms with Crippen molar-refractivity contribution in [1.82, 2.24) is 4.90 Å². The molecule has 2 aromatic carbocycles. The van der Waals surface area contributed by atoms with Crippen molar-refractivity contribution in [3.63, 3.8) is 0 Å². The average molecular weight is 434 g/mol. The van der Waals surface area contributed by atoms with E-state index < -0.39 is 6.04 Å². The minimum absolute atomic E-state index is 0.104. The number of nitrogens with one attached hydrogen (secondary N) is 2. The van der Waals surface area contributed by atoms with Gasteiger partial charge in [0.25, 0.3) is 0 Å². The minimum atomic E-state index is -0.469. The van der Waals surface area contributed by atoms with Crippen molar-refractivity contribution in [3.8, 4) is 5.75 Å². The number of carbonyl (C=O) groups excluding carboxylic acids is 2. The Kier molecular flexibility index (Phi) is 7.38. The van der Waals surface area contributed by atoms with E-state index in [-0.39, 0.29) is 18.4 Å². The van der Waals surface area contributed by atoms with E-state index in [9.17, 15) is 9.59 Å². The summed E-state index contributed by atoms with van der Waals surface area (Å²) in [4.78, 5) is 26.4. The van der Waals surface area contributed by atoms with Gasteiger partial charge in [-0.3, -0.25) is 14.5 Å². The third kappa shape index (κ3) is 6.08. The molecule has 0 saturated heterocycles. The highest BCUT2D eigenvalue weighted by Gasteiger charge is 2.20. The Hall–Kier alpha value is -2.38. The SMILES string of the molecule is COc1ccc(NC(=O)C(C)N(C)CC(=O)Nc2ccc(Br)cc2C)cc1. The Morgan fingerprint density at radius 3 is 2.41 bits per heavy atom. The maximum atomic E-state index is 12.4. The molecular weight excluding hydrogens is 410 g/mol. The standard InChI is InChI=1S/C20H24BrN3O3/c1-13-11-15(21)5-10-18(13)23-19(25)12-24(3)14(2)20(26)22-16-6-8-17(27-4)9-7-16/h5-11,14H,12H2,1-4H3,(H,22,26)(H,23,25). The summed E-state index contributed by atoms with van der Waals surface area (Å²) in [7, 11) is 3.33. The predicted molar refractivity (Wildman–Crippen MR) is 111 cm³/mol. The Morgan fingerprint density at radius 1 is 1.15 bits per heavy atom. The summed E-state index contributed by atoms with van der Waals surface area (Å²) in [6, 6.07) is 12.3. The number of hydrogen-bond donors (Lipinski definition) is 2. The molecule has 0 aliphatic heterocycles. The number of benzene rings is 2.